The van der Waals surface area contributed by atoms with Gasteiger partial charge in [-0.25, -0.2) is 0 Å². The van der Waals surface area contributed by atoms with E-state index in [4.69, 9.17) is 4.74 Å². The number of hydrogen-bond acceptors (Lipinski definition) is 3. The van der Waals surface area contributed by atoms with Gasteiger partial charge < -0.3 is 4.74 Å². The minimum atomic E-state index is -0.274. The van der Waals surface area contributed by atoms with E-state index in [1.165, 1.54) is 5.56 Å². The van der Waals surface area contributed by atoms with E-state index in [1.807, 2.05) is 24.3 Å². The van der Waals surface area contributed by atoms with Gasteiger partial charge in [0.15, 0.2) is 0 Å². The van der Waals surface area contributed by atoms with Gasteiger partial charge in [0.25, 0.3) is 6.47 Å². The molecule has 5 heteroatoms. The number of hydrogen-bond donors (Lipinski definition) is 1. The first kappa shape index (κ1) is 12.8. The Kier molecular flexibility index (Phi) is 4.52. The Balaban J connectivity index is 2.15. The minimum Gasteiger partial charge on any atom is -0.459 e. The van der Waals surface area contributed by atoms with Crippen LogP contribution >= 0.6 is 15.9 Å². The first-order chi connectivity index (χ1) is 8.83. The number of carbonyl (C=O) groups excluding carboxylic acids is 1. The molecule has 18 heavy (non-hydrogen) atoms. The molecule has 0 bridgehead atoms. The third-order valence-electron chi connectivity index (χ3n) is 2.70. The second-order valence-corrected chi connectivity index (χ2v) is 4.47. The maximum atomic E-state index is 10.6. The van der Waals surface area contributed by atoms with Gasteiger partial charge in [0.05, 0.1) is 6.20 Å². The van der Waals surface area contributed by atoms with Crippen molar-refractivity contribution in [1.29, 1.82) is 0 Å². The number of nitrogens with one attached hydrogen (secondary N) is 1. The summed E-state index contributed by atoms with van der Waals surface area (Å²) in [6.07, 6.45) is 3.87. The molecule has 0 radical (unpaired) electrons. The molecule has 0 aliphatic carbocycles. The first-order valence-corrected chi connectivity index (χ1v) is 6.67. The molecular formula is C13H13BrN2O2. The maximum absolute atomic E-state index is 10.6. The smallest absolute Gasteiger partial charge is 0.293 e. The highest BCUT2D eigenvalue weighted by Gasteiger charge is 2.13. The quantitative estimate of drug-likeness (QED) is 0.659. The summed E-state index contributed by atoms with van der Waals surface area (Å²) in [5.41, 5.74) is 3.17. The van der Waals surface area contributed by atoms with Gasteiger partial charge in [-0.15, -0.1) is 0 Å². The lowest BCUT2D eigenvalue weighted by atomic mass is 10.0. The van der Waals surface area contributed by atoms with Crippen LogP contribution in [0.4, 0.5) is 0 Å². The van der Waals surface area contributed by atoms with Crippen molar-refractivity contribution in [3.8, 4) is 0 Å². The number of benzene rings is 1. The van der Waals surface area contributed by atoms with Crippen LogP contribution in [0.15, 0.2) is 36.7 Å². The largest absolute Gasteiger partial charge is 0.459 e. The predicted molar refractivity (Wildman–Crippen MR) is 71.3 cm³/mol. The van der Waals surface area contributed by atoms with Gasteiger partial charge in [-0.05, 0) is 16.7 Å². The van der Waals surface area contributed by atoms with E-state index in [0.29, 0.717) is 12.9 Å². The van der Waals surface area contributed by atoms with Crippen LogP contribution in [0.3, 0.4) is 0 Å². The monoisotopic (exact) mass is 308 g/mol. The molecule has 0 saturated carbocycles. The van der Waals surface area contributed by atoms with Gasteiger partial charge in [-0.1, -0.05) is 40.2 Å². The number of aromatic nitrogens is 2. The molecule has 2 rings (SSSR count). The van der Waals surface area contributed by atoms with E-state index in [9.17, 15) is 4.79 Å². The number of H-pyrrole nitrogens is 1. The third kappa shape index (κ3) is 3.20. The molecule has 1 aromatic heterocycles. The highest BCUT2D eigenvalue weighted by Crippen LogP contribution is 2.22. The van der Waals surface area contributed by atoms with Crippen LogP contribution < -0.4 is 0 Å². The molecule has 0 amide bonds. The van der Waals surface area contributed by atoms with Gasteiger partial charge in [0, 0.05) is 17.9 Å². The van der Waals surface area contributed by atoms with E-state index in [-0.39, 0.29) is 6.10 Å². The Morgan fingerprint density at radius 3 is 2.67 bits per heavy atom. The van der Waals surface area contributed by atoms with E-state index >= 15 is 0 Å². The third-order valence-corrected chi connectivity index (χ3v) is 3.35. The van der Waals surface area contributed by atoms with Gasteiger partial charge in [-0.3, -0.25) is 9.89 Å². The summed E-state index contributed by atoms with van der Waals surface area (Å²) in [4.78, 5) is 10.6. The van der Waals surface area contributed by atoms with Crippen LogP contribution in [-0.4, -0.2) is 16.7 Å². The molecular weight excluding hydrogens is 296 g/mol. The van der Waals surface area contributed by atoms with E-state index in [2.05, 4.69) is 26.1 Å². The SMILES string of the molecule is O=COC(Cc1cn[nH]c1)c1ccc(CBr)cc1. The summed E-state index contributed by atoms with van der Waals surface area (Å²) in [6.45, 7) is 0.489. The van der Waals surface area contributed by atoms with Crippen molar-refractivity contribution in [2.24, 2.45) is 0 Å². The summed E-state index contributed by atoms with van der Waals surface area (Å²) in [5, 5.41) is 7.44. The molecule has 4 nitrogen and oxygen atoms in total. The first-order valence-electron chi connectivity index (χ1n) is 5.55. The molecule has 94 valence electrons. The lowest BCUT2D eigenvalue weighted by Gasteiger charge is -2.15. The Labute approximate surface area is 113 Å². The number of rotatable bonds is 6. The lowest BCUT2D eigenvalue weighted by molar-refractivity contribution is -0.133. The van der Waals surface area contributed by atoms with E-state index < -0.39 is 0 Å². The zero-order valence-corrected chi connectivity index (χ0v) is 11.3. The highest BCUT2D eigenvalue weighted by molar-refractivity contribution is 9.08. The van der Waals surface area contributed by atoms with Crippen molar-refractivity contribution in [3.05, 3.63) is 53.3 Å². The van der Waals surface area contributed by atoms with Gasteiger partial charge in [0.2, 0.25) is 0 Å². The fourth-order valence-electron chi connectivity index (χ4n) is 1.74. The van der Waals surface area contributed by atoms with Crippen molar-refractivity contribution in [2.45, 2.75) is 17.9 Å². The summed E-state index contributed by atoms with van der Waals surface area (Å²) in [7, 11) is 0. The standard InChI is InChI=1S/C13H13BrN2O2/c14-6-10-1-3-12(4-2-10)13(18-9-17)5-11-7-15-16-8-11/h1-4,7-9,13H,5-6H2,(H,15,16). The molecule has 1 aromatic carbocycles. The zero-order valence-electron chi connectivity index (χ0n) is 9.67. The Morgan fingerprint density at radius 2 is 2.11 bits per heavy atom. The number of aromatic amines is 1. The average molecular weight is 309 g/mol. The normalized spacial score (nSPS) is 12.1. The molecule has 1 unspecified atom stereocenters. The Bertz CT molecular complexity index is 482. The van der Waals surface area contributed by atoms with Crippen LogP contribution in [0.25, 0.3) is 0 Å². The molecule has 0 fully saturated rings. The van der Waals surface area contributed by atoms with Crippen molar-refractivity contribution >= 4 is 22.4 Å². The van der Waals surface area contributed by atoms with Gasteiger partial charge in [-0.2, -0.15) is 5.10 Å². The predicted octanol–water partition coefficient (Wildman–Crippen LogP) is 2.76. The fourth-order valence-corrected chi connectivity index (χ4v) is 2.11. The Hall–Kier alpha value is -1.62. The minimum absolute atomic E-state index is 0.274. The molecule has 1 heterocycles. The summed E-state index contributed by atoms with van der Waals surface area (Å²) < 4.78 is 5.14. The van der Waals surface area contributed by atoms with Gasteiger partial charge >= 0.3 is 0 Å². The van der Waals surface area contributed by atoms with Crippen LogP contribution in [0.2, 0.25) is 0 Å². The van der Waals surface area contributed by atoms with Crippen LogP contribution in [0.5, 0.6) is 0 Å². The molecule has 0 saturated heterocycles. The van der Waals surface area contributed by atoms with E-state index in [0.717, 1.165) is 16.5 Å². The van der Waals surface area contributed by atoms with E-state index in [1.54, 1.807) is 12.4 Å². The fraction of sp³-hybridized carbons (Fsp3) is 0.231. The maximum Gasteiger partial charge on any atom is 0.293 e. The number of ether oxygens (including phenoxy) is 1. The molecule has 2 aromatic rings. The Morgan fingerprint density at radius 1 is 1.33 bits per heavy atom. The molecule has 0 spiro atoms. The summed E-state index contributed by atoms with van der Waals surface area (Å²) in [5.74, 6) is 0. The second kappa shape index (κ2) is 6.35. The second-order valence-electron chi connectivity index (χ2n) is 3.91. The van der Waals surface area contributed by atoms with Crippen molar-refractivity contribution in [2.75, 3.05) is 0 Å². The van der Waals surface area contributed by atoms with Crippen LogP contribution in [0.1, 0.15) is 22.8 Å². The van der Waals surface area contributed by atoms with Gasteiger partial charge in [0.1, 0.15) is 6.10 Å². The van der Waals surface area contributed by atoms with Crippen LogP contribution in [-0.2, 0) is 21.3 Å². The van der Waals surface area contributed by atoms with Crippen molar-refractivity contribution < 1.29 is 9.53 Å². The van der Waals surface area contributed by atoms with Crippen molar-refractivity contribution in [3.63, 3.8) is 0 Å². The summed E-state index contributed by atoms with van der Waals surface area (Å²) >= 11 is 3.40. The highest BCUT2D eigenvalue weighted by atomic mass is 79.9. The average Bonchev–Trinajstić information content (AvgIpc) is 2.91. The van der Waals surface area contributed by atoms with Crippen molar-refractivity contribution in [1.82, 2.24) is 10.2 Å². The molecule has 0 aliphatic rings. The lowest BCUT2D eigenvalue weighted by Crippen LogP contribution is -2.06. The number of carbonyl (C=O) groups is 1. The topological polar surface area (TPSA) is 55.0 Å². The number of alkyl halides is 1. The number of halogens is 1. The number of nitrogens with zero attached hydrogens (tertiary/aromatic N) is 1. The van der Waals surface area contributed by atoms with Crippen LogP contribution in [0, 0.1) is 0 Å². The zero-order chi connectivity index (χ0) is 12.8. The molecule has 1 N–H and O–H groups in total. The summed E-state index contributed by atoms with van der Waals surface area (Å²) in [6, 6.07) is 7.98. The molecule has 0 aliphatic heterocycles. The molecule has 1 atom stereocenters.